The Morgan fingerprint density at radius 3 is 2.48 bits per heavy atom. The van der Waals surface area contributed by atoms with Crippen LogP contribution in [-0.2, 0) is 4.79 Å². The molecule has 4 rings (SSSR count). The predicted octanol–water partition coefficient (Wildman–Crippen LogP) is 6.08. The first-order valence-corrected chi connectivity index (χ1v) is 10.4. The van der Waals surface area contributed by atoms with Crippen LogP contribution in [0, 0.1) is 0 Å². The Morgan fingerprint density at radius 1 is 0.963 bits per heavy atom. The van der Waals surface area contributed by atoms with Crippen LogP contribution in [0.3, 0.4) is 0 Å². The van der Waals surface area contributed by atoms with Gasteiger partial charge in [-0.25, -0.2) is 4.98 Å². The maximum atomic E-state index is 12.8. The number of benzene rings is 3. The third kappa shape index (κ3) is 4.04. The third-order valence-corrected chi connectivity index (χ3v) is 6.42. The van der Waals surface area contributed by atoms with Gasteiger partial charge < -0.3 is 5.32 Å². The molecule has 1 aromatic heterocycles. The van der Waals surface area contributed by atoms with Crippen molar-refractivity contribution < 1.29 is 4.79 Å². The molecule has 0 saturated carbocycles. The van der Waals surface area contributed by atoms with E-state index >= 15 is 0 Å². The van der Waals surface area contributed by atoms with Crippen molar-refractivity contribution in [2.75, 3.05) is 5.32 Å². The molecule has 3 nitrogen and oxygen atoms in total. The number of carbonyl (C=O) groups is 1. The summed E-state index contributed by atoms with van der Waals surface area (Å²) in [5.74, 6) is -0.0253. The van der Waals surface area contributed by atoms with E-state index in [0.29, 0.717) is 0 Å². The van der Waals surface area contributed by atoms with E-state index in [4.69, 9.17) is 0 Å². The fourth-order valence-corrected chi connectivity index (χ4v) is 5.01. The minimum atomic E-state index is -0.241. The van der Waals surface area contributed by atoms with Gasteiger partial charge >= 0.3 is 0 Å². The lowest BCUT2D eigenvalue weighted by atomic mass is 10.0. The highest BCUT2D eigenvalue weighted by Gasteiger charge is 2.18. The van der Waals surface area contributed by atoms with Crippen molar-refractivity contribution in [3.8, 4) is 11.1 Å². The second-order valence-electron chi connectivity index (χ2n) is 6.11. The number of thiazole rings is 1. The number of nitrogens with one attached hydrogen (secondary N) is 1. The van der Waals surface area contributed by atoms with Gasteiger partial charge in [0.1, 0.15) is 0 Å². The molecule has 5 heteroatoms. The lowest BCUT2D eigenvalue weighted by Gasteiger charge is -2.14. The summed E-state index contributed by atoms with van der Waals surface area (Å²) in [7, 11) is 0. The van der Waals surface area contributed by atoms with Crippen molar-refractivity contribution in [1.29, 1.82) is 0 Å². The van der Waals surface area contributed by atoms with Crippen LogP contribution >= 0.6 is 23.1 Å². The summed E-state index contributed by atoms with van der Waals surface area (Å²) in [6, 6.07) is 26.0. The standard InChI is InChI=1S/C22H18N2OS2/c1-15(26-22-24-19-13-7-8-14-20(19)27-22)21(25)23-18-12-6-5-11-17(18)16-9-3-2-4-10-16/h2-15H,1H3,(H,23,25)/t15-/m0/s1. The summed E-state index contributed by atoms with van der Waals surface area (Å²) in [5.41, 5.74) is 3.90. The third-order valence-electron chi connectivity index (χ3n) is 4.19. The number of thioether (sulfide) groups is 1. The van der Waals surface area contributed by atoms with E-state index in [9.17, 15) is 4.79 Å². The summed E-state index contributed by atoms with van der Waals surface area (Å²) in [6.45, 7) is 1.91. The zero-order valence-corrected chi connectivity index (χ0v) is 16.4. The second-order valence-corrected chi connectivity index (χ2v) is 8.73. The quantitative estimate of drug-likeness (QED) is 0.420. The van der Waals surface area contributed by atoms with E-state index in [1.165, 1.54) is 11.8 Å². The fourth-order valence-electron chi connectivity index (χ4n) is 2.80. The van der Waals surface area contributed by atoms with Crippen molar-refractivity contribution in [3.05, 3.63) is 78.9 Å². The van der Waals surface area contributed by atoms with Crippen LogP contribution in [0.1, 0.15) is 6.92 Å². The van der Waals surface area contributed by atoms with Gasteiger partial charge in [0.2, 0.25) is 5.91 Å². The monoisotopic (exact) mass is 390 g/mol. The van der Waals surface area contributed by atoms with E-state index in [2.05, 4.69) is 16.4 Å². The molecule has 4 aromatic rings. The molecule has 1 amide bonds. The summed E-state index contributed by atoms with van der Waals surface area (Å²) in [4.78, 5) is 17.4. The van der Waals surface area contributed by atoms with Crippen LogP contribution in [0.2, 0.25) is 0 Å². The molecule has 0 radical (unpaired) electrons. The number of nitrogens with zero attached hydrogens (tertiary/aromatic N) is 1. The molecular formula is C22H18N2OS2. The summed E-state index contributed by atoms with van der Waals surface area (Å²) in [6.07, 6.45) is 0. The maximum absolute atomic E-state index is 12.8. The molecule has 0 aliphatic rings. The molecule has 0 saturated heterocycles. The Bertz CT molecular complexity index is 1040. The van der Waals surface area contributed by atoms with E-state index in [-0.39, 0.29) is 11.2 Å². The molecule has 0 fully saturated rings. The van der Waals surface area contributed by atoms with E-state index in [0.717, 1.165) is 31.4 Å². The van der Waals surface area contributed by atoms with Crippen LogP contribution in [0.4, 0.5) is 5.69 Å². The van der Waals surface area contributed by atoms with Gasteiger partial charge in [-0.3, -0.25) is 4.79 Å². The maximum Gasteiger partial charge on any atom is 0.237 e. The Hall–Kier alpha value is -2.63. The average Bonchev–Trinajstić information content (AvgIpc) is 3.11. The molecule has 0 spiro atoms. The van der Waals surface area contributed by atoms with Crippen molar-refractivity contribution >= 4 is 44.9 Å². The Morgan fingerprint density at radius 2 is 1.67 bits per heavy atom. The highest BCUT2D eigenvalue weighted by molar-refractivity contribution is 8.02. The number of anilines is 1. The molecule has 1 heterocycles. The highest BCUT2D eigenvalue weighted by Crippen LogP contribution is 2.33. The summed E-state index contributed by atoms with van der Waals surface area (Å²) in [5, 5.41) is 2.84. The fraction of sp³-hybridized carbons (Fsp3) is 0.0909. The van der Waals surface area contributed by atoms with Crippen LogP contribution in [0.25, 0.3) is 21.3 Å². The molecule has 1 atom stereocenters. The number of fused-ring (bicyclic) bond motifs is 1. The molecule has 27 heavy (non-hydrogen) atoms. The molecule has 0 aliphatic heterocycles. The molecule has 134 valence electrons. The van der Waals surface area contributed by atoms with Gasteiger partial charge in [-0.2, -0.15) is 0 Å². The SMILES string of the molecule is C[C@H](Sc1nc2ccccc2s1)C(=O)Nc1ccccc1-c1ccccc1. The number of hydrogen-bond acceptors (Lipinski definition) is 4. The van der Waals surface area contributed by atoms with Gasteiger partial charge in [-0.05, 0) is 30.7 Å². The number of rotatable bonds is 5. The summed E-state index contributed by atoms with van der Waals surface area (Å²) < 4.78 is 2.05. The first kappa shape index (κ1) is 17.8. The largest absolute Gasteiger partial charge is 0.325 e. The normalized spacial score (nSPS) is 12.0. The predicted molar refractivity (Wildman–Crippen MR) is 115 cm³/mol. The Balaban J connectivity index is 1.50. The summed E-state index contributed by atoms with van der Waals surface area (Å²) >= 11 is 3.11. The zero-order valence-electron chi connectivity index (χ0n) is 14.8. The van der Waals surface area contributed by atoms with Crippen LogP contribution < -0.4 is 5.32 Å². The molecule has 0 aliphatic carbocycles. The molecule has 3 aromatic carbocycles. The van der Waals surface area contributed by atoms with Gasteiger partial charge in [0.25, 0.3) is 0 Å². The number of hydrogen-bond donors (Lipinski definition) is 1. The topological polar surface area (TPSA) is 42.0 Å². The van der Waals surface area contributed by atoms with E-state index in [1.807, 2.05) is 79.7 Å². The lowest BCUT2D eigenvalue weighted by Crippen LogP contribution is -2.22. The van der Waals surface area contributed by atoms with Crippen molar-refractivity contribution in [1.82, 2.24) is 4.98 Å². The molecule has 0 unspecified atom stereocenters. The van der Waals surface area contributed by atoms with Crippen LogP contribution in [-0.4, -0.2) is 16.1 Å². The van der Waals surface area contributed by atoms with E-state index in [1.54, 1.807) is 11.3 Å². The van der Waals surface area contributed by atoms with Crippen molar-refractivity contribution in [3.63, 3.8) is 0 Å². The minimum Gasteiger partial charge on any atom is -0.325 e. The van der Waals surface area contributed by atoms with Gasteiger partial charge in [-0.1, -0.05) is 72.4 Å². The highest BCUT2D eigenvalue weighted by atomic mass is 32.2. The zero-order chi connectivity index (χ0) is 18.6. The van der Waals surface area contributed by atoms with E-state index < -0.39 is 0 Å². The van der Waals surface area contributed by atoms with Crippen molar-refractivity contribution in [2.24, 2.45) is 0 Å². The van der Waals surface area contributed by atoms with Gasteiger partial charge in [0, 0.05) is 11.3 Å². The molecular weight excluding hydrogens is 372 g/mol. The first-order valence-electron chi connectivity index (χ1n) is 8.68. The molecule has 0 bridgehead atoms. The number of para-hydroxylation sites is 2. The molecule has 1 N–H and O–H groups in total. The van der Waals surface area contributed by atoms with Gasteiger partial charge in [0.15, 0.2) is 4.34 Å². The van der Waals surface area contributed by atoms with Crippen LogP contribution in [0.5, 0.6) is 0 Å². The lowest BCUT2D eigenvalue weighted by molar-refractivity contribution is -0.115. The number of amides is 1. The Kier molecular flexibility index (Phi) is 5.23. The second kappa shape index (κ2) is 7.94. The van der Waals surface area contributed by atoms with Crippen LogP contribution in [0.15, 0.2) is 83.2 Å². The number of carbonyl (C=O) groups excluding carboxylic acids is 1. The van der Waals surface area contributed by atoms with Gasteiger partial charge in [-0.15, -0.1) is 11.3 Å². The minimum absolute atomic E-state index is 0.0253. The van der Waals surface area contributed by atoms with Gasteiger partial charge in [0.05, 0.1) is 15.5 Å². The first-order chi connectivity index (χ1) is 13.2. The van der Waals surface area contributed by atoms with Crippen molar-refractivity contribution in [2.45, 2.75) is 16.5 Å². The average molecular weight is 391 g/mol. The smallest absolute Gasteiger partial charge is 0.237 e. The number of aromatic nitrogens is 1. The Labute approximate surface area is 166 Å².